The van der Waals surface area contributed by atoms with Crippen molar-refractivity contribution >= 4 is 65.6 Å². The van der Waals surface area contributed by atoms with Gasteiger partial charge in [-0.25, -0.2) is 0 Å². The molecule has 0 fully saturated rings. The van der Waals surface area contributed by atoms with Crippen LogP contribution in [0.3, 0.4) is 0 Å². The Hall–Kier alpha value is -6.06. The zero-order chi connectivity index (χ0) is 29.5. The smallest absolute Gasteiger partial charge is 0.145 e. The summed E-state index contributed by atoms with van der Waals surface area (Å²) in [5.74, 6) is 0. The van der Waals surface area contributed by atoms with Gasteiger partial charge in [0.25, 0.3) is 0 Å². The largest absolute Gasteiger partial charge is 0.455 e. The van der Waals surface area contributed by atoms with E-state index in [4.69, 9.17) is 4.42 Å². The van der Waals surface area contributed by atoms with Gasteiger partial charge in [-0.1, -0.05) is 109 Å². The molecule has 0 bridgehead atoms. The van der Waals surface area contributed by atoms with E-state index in [1.807, 2.05) is 6.07 Å². The molecule has 0 N–H and O–H groups in total. The van der Waals surface area contributed by atoms with E-state index < -0.39 is 0 Å². The summed E-state index contributed by atoms with van der Waals surface area (Å²) in [6.45, 7) is 0. The van der Waals surface area contributed by atoms with Crippen LogP contribution in [0.5, 0.6) is 0 Å². The van der Waals surface area contributed by atoms with Gasteiger partial charge in [-0.15, -0.1) is 0 Å². The summed E-state index contributed by atoms with van der Waals surface area (Å²) >= 11 is 0. The summed E-state index contributed by atoms with van der Waals surface area (Å²) in [5, 5.41) is 7.08. The third kappa shape index (κ3) is 3.41. The molecule has 0 saturated heterocycles. The van der Waals surface area contributed by atoms with Gasteiger partial charge < -0.3 is 13.6 Å². The summed E-state index contributed by atoms with van der Waals surface area (Å²) in [4.78, 5) is 0. The maximum Gasteiger partial charge on any atom is 0.145 e. The van der Waals surface area contributed by atoms with Crippen LogP contribution in [0, 0.1) is 0 Å². The standard InChI is InChI=1S/C42H26N2O/c1-2-11-27(12-3-1)28-21-23-29(24-22-28)43-37-26-25-33-32-15-6-9-20-39(32)45-42(33)40(37)34-16-10-19-38(41(34)43)44-35-17-7-4-13-30(35)31-14-5-8-18-36(31)44/h1-26H. The van der Waals surface area contributed by atoms with Crippen molar-refractivity contribution in [1.82, 2.24) is 9.13 Å². The summed E-state index contributed by atoms with van der Waals surface area (Å²) < 4.78 is 11.5. The Kier molecular flexibility index (Phi) is 5.00. The van der Waals surface area contributed by atoms with E-state index in [1.165, 1.54) is 38.3 Å². The summed E-state index contributed by atoms with van der Waals surface area (Å²) in [5.41, 5.74) is 11.1. The highest BCUT2D eigenvalue weighted by Crippen LogP contribution is 2.43. The fourth-order valence-electron chi connectivity index (χ4n) is 7.38. The second kappa shape index (κ2) is 9.22. The van der Waals surface area contributed by atoms with Crippen molar-refractivity contribution in [3.63, 3.8) is 0 Å². The summed E-state index contributed by atoms with van der Waals surface area (Å²) in [6.07, 6.45) is 0. The zero-order valence-corrected chi connectivity index (χ0v) is 24.3. The fraction of sp³-hybridized carbons (Fsp3) is 0. The van der Waals surface area contributed by atoms with E-state index in [0.717, 1.165) is 49.7 Å². The molecule has 0 atom stereocenters. The highest BCUT2D eigenvalue weighted by molar-refractivity contribution is 6.25. The van der Waals surface area contributed by atoms with Crippen LogP contribution >= 0.6 is 0 Å². The Bertz CT molecular complexity index is 2690. The molecule has 0 aliphatic rings. The number of furan rings is 1. The molecule has 0 amide bonds. The lowest BCUT2D eigenvalue weighted by atomic mass is 10.1. The molecule has 3 aromatic heterocycles. The minimum absolute atomic E-state index is 0.909. The Balaban J connectivity index is 1.36. The number of rotatable bonds is 3. The van der Waals surface area contributed by atoms with Crippen molar-refractivity contribution in [1.29, 1.82) is 0 Å². The Morgan fingerprint density at radius 2 is 1.00 bits per heavy atom. The van der Waals surface area contributed by atoms with Gasteiger partial charge in [0.1, 0.15) is 11.2 Å². The van der Waals surface area contributed by atoms with Crippen molar-refractivity contribution in [2.45, 2.75) is 0 Å². The van der Waals surface area contributed by atoms with Crippen LogP contribution in [0.15, 0.2) is 162 Å². The predicted octanol–water partition coefficient (Wildman–Crippen LogP) is 11.4. The van der Waals surface area contributed by atoms with Gasteiger partial charge in [-0.05, 0) is 59.7 Å². The fourth-order valence-corrected chi connectivity index (χ4v) is 7.38. The van der Waals surface area contributed by atoms with Crippen LogP contribution in [0.25, 0.3) is 88.1 Å². The molecule has 0 spiro atoms. The Labute approximate surface area is 258 Å². The number of fused-ring (bicyclic) bond motifs is 10. The minimum atomic E-state index is 0.909. The van der Waals surface area contributed by atoms with Gasteiger partial charge in [-0.3, -0.25) is 0 Å². The molecule has 0 radical (unpaired) electrons. The number of nitrogens with zero attached hydrogens (tertiary/aromatic N) is 2. The van der Waals surface area contributed by atoms with Crippen LogP contribution in [0.4, 0.5) is 0 Å². The second-order valence-electron chi connectivity index (χ2n) is 11.7. The maximum absolute atomic E-state index is 6.65. The van der Waals surface area contributed by atoms with Crippen LogP contribution < -0.4 is 0 Å². The number of aromatic nitrogens is 2. The predicted molar refractivity (Wildman–Crippen MR) is 188 cm³/mol. The molecule has 7 aromatic carbocycles. The van der Waals surface area contributed by atoms with E-state index in [1.54, 1.807) is 0 Å². The van der Waals surface area contributed by atoms with E-state index in [0.29, 0.717) is 0 Å². The first kappa shape index (κ1) is 24.4. The molecule has 210 valence electrons. The molecule has 0 saturated carbocycles. The van der Waals surface area contributed by atoms with Crippen molar-refractivity contribution in [3.8, 4) is 22.5 Å². The molecular weight excluding hydrogens is 548 g/mol. The molecule has 10 rings (SSSR count). The SMILES string of the molecule is c1ccc(-c2ccc(-n3c4ccc5c6ccccc6oc5c4c4cccc(-n5c6ccccc6c6ccccc65)c43)cc2)cc1. The van der Waals surface area contributed by atoms with Gasteiger partial charge in [0.2, 0.25) is 0 Å². The first-order valence-corrected chi connectivity index (χ1v) is 15.4. The molecule has 3 heterocycles. The number of para-hydroxylation sites is 4. The van der Waals surface area contributed by atoms with Crippen molar-refractivity contribution in [3.05, 3.63) is 158 Å². The molecule has 10 aromatic rings. The maximum atomic E-state index is 6.65. The molecule has 3 nitrogen and oxygen atoms in total. The van der Waals surface area contributed by atoms with Gasteiger partial charge >= 0.3 is 0 Å². The first-order valence-electron chi connectivity index (χ1n) is 15.4. The van der Waals surface area contributed by atoms with Crippen LogP contribution in [0.1, 0.15) is 0 Å². The van der Waals surface area contributed by atoms with Crippen LogP contribution in [-0.2, 0) is 0 Å². The minimum Gasteiger partial charge on any atom is -0.455 e. The Morgan fingerprint density at radius 1 is 0.378 bits per heavy atom. The van der Waals surface area contributed by atoms with E-state index in [9.17, 15) is 0 Å². The van der Waals surface area contributed by atoms with E-state index >= 15 is 0 Å². The van der Waals surface area contributed by atoms with Crippen LogP contribution in [0.2, 0.25) is 0 Å². The van der Waals surface area contributed by atoms with E-state index in [-0.39, 0.29) is 0 Å². The number of hydrogen-bond acceptors (Lipinski definition) is 1. The third-order valence-electron chi connectivity index (χ3n) is 9.33. The molecule has 0 unspecified atom stereocenters. The quantitative estimate of drug-likeness (QED) is 0.206. The summed E-state index contributed by atoms with van der Waals surface area (Å²) in [6, 6.07) is 56.4. The van der Waals surface area contributed by atoms with Crippen LogP contribution in [-0.4, -0.2) is 9.13 Å². The van der Waals surface area contributed by atoms with Gasteiger partial charge in [0, 0.05) is 32.6 Å². The number of hydrogen-bond donors (Lipinski definition) is 0. The van der Waals surface area contributed by atoms with Crippen molar-refractivity contribution < 1.29 is 4.42 Å². The monoisotopic (exact) mass is 574 g/mol. The third-order valence-corrected chi connectivity index (χ3v) is 9.33. The molecular formula is C42H26N2O. The first-order chi connectivity index (χ1) is 22.3. The molecule has 3 heteroatoms. The van der Waals surface area contributed by atoms with Crippen molar-refractivity contribution in [2.24, 2.45) is 0 Å². The van der Waals surface area contributed by atoms with Crippen molar-refractivity contribution in [2.75, 3.05) is 0 Å². The summed E-state index contributed by atoms with van der Waals surface area (Å²) in [7, 11) is 0. The number of benzene rings is 7. The average Bonchev–Trinajstić information content (AvgIpc) is 3.76. The molecule has 45 heavy (non-hydrogen) atoms. The van der Waals surface area contributed by atoms with Gasteiger partial charge in [0.05, 0.1) is 33.1 Å². The Morgan fingerprint density at radius 3 is 1.76 bits per heavy atom. The zero-order valence-electron chi connectivity index (χ0n) is 24.3. The lowest BCUT2D eigenvalue weighted by Crippen LogP contribution is -2.00. The normalized spacial score (nSPS) is 12.0. The average molecular weight is 575 g/mol. The lowest BCUT2D eigenvalue weighted by Gasteiger charge is -2.14. The molecule has 0 aliphatic carbocycles. The highest BCUT2D eigenvalue weighted by atomic mass is 16.3. The van der Waals surface area contributed by atoms with Gasteiger partial charge in [-0.2, -0.15) is 0 Å². The molecule has 0 aliphatic heterocycles. The van der Waals surface area contributed by atoms with Gasteiger partial charge in [0.15, 0.2) is 0 Å². The van der Waals surface area contributed by atoms with E-state index in [2.05, 4.69) is 161 Å². The lowest BCUT2D eigenvalue weighted by molar-refractivity contribution is 0.673. The topological polar surface area (TPSA) is 23.0 Å². The highest BCUT2D eigenvalue weighted by Gasteiger charge is 2.23. The second-order valence-corrected chi connectivity index (χ2v) is 11.7.